The van der Waals surface area contributed by atoms with Crippen LogP contribution in [-0.2, 0) is 4.79 Å². The zero-order valence-corrected chi connectivity index (χ0v) is 16.7. The Kier molecular flexibility index (Phi) is 7.13. The molecule has 0 atom stereocenters. The maximum Gasteiger partial charge on any atom is 0.234 e. The molecule has 0 aliphatic carbocycles. The Labute approximate surface area is 162 Å². The van der Waals surface area contributed by atoms with E-state index < -0.39 is 0 Å². The van der Waals surface area contributed by atoms with Crippen molar-refractivity contribution in [3.8, 4) is 0 Å². The number of unbranched alkanes of at least 4 members (excludes halogenated alkanes) is 1. The number of nitrogens with zero attached hydrogens (tertiary/aromatic N) is 3. The number of rotatable bonds is 9. The first-order valence-corrected chi connectivity index (χ1v) is 10.9. The van der Waals surface area contributed by atoms with Crippen LogP contribution in [0.4, 0.5) is 16.5 Å². The van der Waals surface area contributed by atoms with Crippen LogP contribution >= 0.6 is 23.1 Å². The topological polar surface area (TPSA) is 70.1 Å². The largest absolute Gasteiger partial charge is 0.372 e. The van der Waals surface area contributed by atoms with Crippen LogP contribution in [0.25, 0.3) is 0 Å². The van der Waals surface area contributed by atoms with E-state index >= 15 is 0 Å². The van der Waals surface area contributed by atoms with Crippen LogP contribution < -0.4 is 15.5 Å². The number of benzene rings is 1. The minimum atomic E-state index is -0.0281. The highest BCUT2D eigenvalue weighted by molar-refractivity contribution is 8.01. The summed E-state index contributed by atoms with van der Waals surface area (Å²) in [5.74, 6) is 0.303. The summed E-state index contributed by atoms with van der Waals surface area (Å²) in [6, 6.07) is 8.09. The second-order valence-corrected chi connectivity index (χ2v) is 8.43. The molecule has 1 aliphatic rings. The maximum absolute atomic E-state index is 12.1. The van der Waals surface area contributed by atoms with Gasteiger partial charge in [0.1, 0.15) is 0 Å². The number of hydrogen-bond donors (Lipinski definition) is 2. The van der Waals surface area contributed by atoms with Crippen LogP contribution in [0.15, 0.2) is 28.6 Å². The molecule has 0 unspecified atom stereocenters. The molecule has 1 aromatic carbocycles. The SMILES string of the molecule is CCCCNc1nnc(SCC(=O)Nc2ccc(N3CCCC3)cc2)s1. The van der Waals surface area contributed by atoms with Crippen LogP contribution in [0.1, 0.15) is 32.6 Å². The first-order chi connectivity index (χ1) is 12.7. The monoisotopic (exact) mass is 391 g/mol. The lowest BCUT2D eigenvalue weighted by atomic mass is 10.2. The molecule has 1 saturated heterocycles. The van der Waals surface area contributed by atoms with E-state index in [2.05, 4.69) is 44.8 Å². The number of nitrogens with one attached hydrogen (secondary N) is 2. The summed E-state index contributed by atoms with van der Waals surface area (Å²) < 4.78 is 0.809. The van der Waals surface area contributed by atoms with E-state index in [4.69, 9.17) is 0 Å². The fourth-order valence-corrected chi connectivity index (χ4v) is 4.34. The van der Waals surface area contributed by atoms with Crippen molar-refractivity contribution in [2.24, 2.45) is 0 Å². The molecule has 0 bridgehead atoms. The smallest absolute Gasteiger partial charge is 0.234 e. The van der Waals surface area contributed by atoms with Crippen molar-refractivity contribution >= 4 is 45.5 Å². The van der Waals surface area contributed by atoms with E-state index in [1.165, 1.54) is 41.6 Å². The van der Waals surface area contributed by atoms with E-state index in [1.54, 1.807) is 0 Å². The summed E-state index contributed by atoms with van der Waals surface area (Å²) in [4.78, 5) is 14.5. The number of carbonyl (C=O) groups is 1. The van der Waals surface area contributed by atoms with Crippen LogP contribution in [0.3, 0.4) is 0 Å². The average Bonchev–Trinajstić information content (AvgIpc) is 3.33. The van der Waals surface area contributed by atoms with Crippen LogP contribution in [0.5, 0.6) is 0 Å². The number of thioether (sulfide) groups is 1. The van der Waals surface area contributed by atoms with Crippen molar-refractivity contribution in [2.45, 2.75) is 36.9 Å². The number of amides is 1. The van der Waals surface area contributed by atoms with Gasteiger partial charge in [0.2, 0.25) is 11.0 Å². The molecule has 26 heavy (non-hydrogen) atoms. The molecule has 0 spiro atoms. The van der Waals surface area contributed by atoms with Gasteiger partial charge >= 0.3 is 0 Å². The molecule has 0 saturated carbocycles. The molecule has 1 aromatic heterocycles. The van der Waals surface area contributed by atoms with Gasteiger partial charge in [0.15, 0.2) is 4.34 Å². The Morgan fingerprint density at radius 2 is 2.00 bits per heavy atom. The maximum atomic E-state index is 12.1. The third kappa shape index (κ3) is 5.60. The highest BCUT2D eigenvalue weighted by Gasteiger charge is 2.12. The van der Waals surface area contributed by atoms with Crippen LogP contribution in [0.2, 0.25) is 0 Å². The molecular formula is C18H25N5OS2. The number of anilines is 3. The van der Waals surface area contributed by atoms with Gasteiger partial charge in [-0.1, -0.05) is 36.4 Å². The van der Waals surface area contributed by atoms with E-state index in [0.29, 0.717) is 5.75 Å². The quantitative estimate of drug-likeness (QED) is 0.496. The van der Waals surface area contributed by atoms with Gasteiger partial charge in [-0.25, -0.2) is 0 Å². The minimum Gasteiger partial charge on any atom is -0.372 e. The molecule has 2 aromatic rings. The molecule has 3 rings (SSSR count). The standard InChI is InChI=1S/C18H25N5OS2/c1-2-3-10-19-17-21-22-18(26-17)25-13-16(24)20-14-6-8-15(9-7-14)23-11-4-5-12-23/h6-9H,2-5,10-13H2,1H3,(H,19,21)(H,20,24). The van der Waals surface area contributed by atoms with Gasteiger partial charge in [-0.05, 0) is 43.5 Å². The lowest BCUT2D eigenvalue weighted by Gasteiger charge is -2.17. The van der Waals surface area contributed by atoms with Gasteiger partial charge in [-0.2, -0.15) is 0 Å². The normalized spacial score (nSPS) is 13.8. The Balaban J connectivity index is 1.42. The zero-order chi connectivity index (χ0) is 18.2. The third-order valence-electron chi connectivity index (χ3n) is 4.16. The first-order valence-electron chi connectivity index (χ1n) is 9.09. The molecule has 0 radical (unpaired) electrons. The molecule has 2 N–H and O–H groups in total. The van der Waals surface area contributed by atoms with Crippen molar-refractivity contribution in [2.75, 3.05) is 40.9 Å². The second-order valence-electron chi connectivity index (χ2n) is 6.23. The predicted molar refractivity (Wildman–Crippen MR) is 111 cm³/mol. The van der Waals surface area contributed by atoms with E-state index in [9.17, 15) is 4.79 Å². The summed E-state index contributed by atoms with van der Waals surface area (Å²) in [6.07, 6.45) is 4.78. The molecule has 1 amide bonds. The molecule has 140 valence electrons. The molecule has 8 heteroatoms. The Bertz CT molecular complexity index is 698. The van der Waals surface area contributed by atoms with Crippen molar-refractivity contribution in [3.63, 3.8) is 0 Å². The third-order valence-corrected chi connectivity index (χ3v) is 6.18. The Hall–Kier alpha value is -1.80. The molecule has 1 aliphatic heterocycles. The predicted octanol–water partition coefficient (Wildman–Crippen LogP) is 4.08. The molecule has 2 heterocycles. The summed E-state index contributed by atoms with van der Waals surface area (Å²) in [5.41, 5.74) is 2.06. The Morgan fingerprint density at radius 1 is 1.23 bits per heavy atom. The van der Waals surface area contributed by atoms with Gasteiger partial charge in [0.05, 0.1) is 5.75 Å². The lowest BCUT2D eigenvalue weighted by Crippen LogP contribution is -2.18. The lowest BCUT2D eigenvalue weighted by molar-refractivity contribution is -0.113. The highest BCUT2D eigenvalue weighted by Crippen LogP contribution is 2.26. The van der Waals surface area contributed by atoms with Gasteiger partial charge in [0, 0.05) is 31.0 Å². The fraction of sp³-hybridized carbons (Fsp3) is 0.500. The van der Waals surface area contributed by atoms with Gasteiger partial charge in [0.25, 0.3) is 0 Å². The summed E-state index contributed by atoms with van der Waals surface area (Å²) >= 11 is 2.91. The van der Waals surface area contributed by atoms with E-state index in [0.717, 1.165) is 47.6 Å². The minimum absolute atomic E-state index is 0.0281. The second kappa shape index (κ2) is 9.78. The van der Waals surface area contributed by atoms with Crippen molar-refractivity contribution < 1.29 is 4.79 Å². The number of aromatic nitrogens is 2. The fourth-order valence-electron chi connectivity index (χ4n) is 2.77. The van der Waals surface area contributed by atoms with Crippen LogP contribution in [0, 0.1) is 0 Å². The Morgan fingerprint density at radius 3 is 2.73 bits per heavy atom. The highest BCUT2D eigenvalue weighted by atomic mass is 32.2. The van der Waals surface area contributed by atoms with Gasteiger partial charge < -0.3 is 15.5 Å². The average molecular weight is 392 g/mol. The van der Waals surface area contributed by atoms with Crippen molar-refractivity contribution in [3.05, 3.63) is 24.3 Å². The molecule has 6 nitrogen and oxygen atoms in total. The number of hydrogen-bond acceptors (Lipinski definition) is 7. The first kappa shape index (κ1) is 19.0. The molecule has 1 fully saturated rings. The van der Waals surface area contributed by atoms with E-state index in [1.807, 2.05) is 12.1 Å². The van der Waals surface area contributed by atoms with Gasteiger partial charge in [-0.15, -0.1) is 10.2 Å². The number of carbonyl (C=O) groups excluding carboxylic acids is 1. The van der Waals surface area contributed by atoms with Crippen molar-refractivity contribution in [1.82, 2.24) is 10.2 Å². The summed E-state index contributed by atoms with van der Waals surface area (Å²) in [5, 5.41) is 15.2. The summed E-state index contributed by atoms with van der Waals surface area (Å²) in [7, 11) is 0. The summed E-state index contributed by atoms with van der Waals surface area (Å²) in [6.45, 7) is 5.31. The van der Waals surface area contributed by atoms with Crippen LogP contribution in [-0.4, -0.2) is 41.5 Å². The van der Waals surface area contributed by atoms with E-state index in [-0.39, 0.29) is 5.91 Å². The van der Waals surface area contributed by atoms with Crippen molar-refractivity contribution in [1.29, 1.82) is 0 Å². The molecular weight excluding hydrogens is 366 g/mol. The van der Waals surface area contributed by atoms with Gasteiger partial charge in [-0.3, -0.25) is 4.79 Å². The zero-order valence-electron chi connectivity index (χ0n) is 15.0.